The fourth-order valence-electron chi connectivity index (χ4n) is 0.887. The Bertz CT molecular complexity index is 328. The van der Waals surface area contributed by atoms with Gasteiger partial charge >= 0.3 is 5.97 Å². The molecule has 0 bridgehead atoms. The molecule has 0 saturated heterocycles. The summed E-state index contributed by atoms with van der Waals surface area (Å²) in [5.41, 5.74) is 0. The molecule has 0 aliphatic carbocycles. The zero-order chi connectivity index (χ0) is 11.3. The molecule has 0 fully saturated rings. The van der Waals surface area contributed by atoms with E-state index in [9.17, 15) is 4.79 Å². The first-order valence-electron chi connectivity index (χ1n) is 4.59. The van der Waals surface area contributed by atoms with Crippen LogP contribution in [0.25, 0.3) is 0 Å². The first-order valence-corrected chi connectivity index (χ1v) is 5.58. The Morgan fingerprint density at radius 2 is 2.53 bits per heavy atom. The van der Waals surface area contributed by atoms with Crippen molar-refractivity contribution in [2.24, 2.45) is 5.92 Å². The molecule has 0 aliphatic heterocycles. The number of thioether (sulfide) groups is 1. The molecule has 2 N–H and O–H groups in total. The predicted molar refractivity (Wildman–Crippen MR) is 56.7 cm³/mol. The van der Waals surface area contributed by atoms with Crippen LogP contribution in [0.4, 0.5) is 0 Å². The summed E-state index contributed by atoms with van der Waals surface area (Å²) in [6.07, 6.45) is 1.41. The molecule has 1 heterocycles. The van der Waals surface area contributed by atoms with Gasteiger partial charge in [-0.3, -0.25) is 4.79 Å². The smallest absolute Gasteiger partial charge is 0.309 e. The number of nitrogen functional groups attached to an aromatic ring is 1. The van der Waals surface area contributed by atoms with Crippen LogP contribution in [0.1, 0.15) is 13.8 Å². The van der Waals surface area contributed by atoms with Crippen LogP contribution in [-0.4, -0.2) is 33.2 Å². The van der Waals surface area contributed by atoms with Crippen molar-refractivity contribution in [1.82, 2.24) is 14.9 Å². The van der Waals surface area contributed by atoms with Gasteiger partial charge in [0.15, 0.2) is 0 Å². The standard InChI is InChI=1S/C8H14N4O2S/c1-3-14-7(13)6(2)4-15-8-11-10-5-12(8)9/h5-6H,3-4,9H2,1-2H3. The first kappa shape index (κ1) is 11.8. The molecular weight excluding hydrogens is 216 g/mol. The normalized spacial score (nSPS) is 12.4. The second-order valence-electron chi connectivity index (χ2n) is 2.98. The summed E-state index contributed by atoms with van der Waals surface area (Å²) in [6.45, 7) is 4.00. The number of hydrogen-bond donors (Lipinski definition) is 1. The Kier molecular flexibility index (Phi) is 4.41. The minimum atomic E-state index is -0.201. The van der Waals surface area contributed by atoms with Crippen LogP contribution in [0.15, 0.2) is 11.5 Å². The second-order valence-corrected chi connectivity index (χ2v) is 3.97. The van der Waals surface area contributed by atoms with E-state index >= 15 is 0 Å². The highest BCUT2D eigenvalue weighted by Gasteiger charge is 2.15. The average molecular weight is 230 g/mol. The van der Waals surface area contributed by atoms with E-state index in [4.69, 9.17) is 10.6 Å². The lowest BCUT2D eigenvalue weighted by atomic mass is 10.2. The van der Waals surface area contributed by atoms with Crippen LogP contribution in [0.3, 0.4) is 0 Å². The van der Waals surface area contributed by atoms with E-state index < -0.39 is 0 Å². The van der Waals surface area contributed by atoms with E-state index in [-0.39, 0.29) is 11.9 Å². The molecule has 6 nitrogen and oxygen atoms in total. The molecule has 7 heteroatoms. The van der Waals surface area contributed by atoms with Gasteiger partial charge in [-0.15, -0.1) is 10.2 Å². The molecule has 0 saturated carbocycles. The molecule has 84 valence electrons. The summed E-state index contributed by atoms with van der Waals surface area (Å²) in [6, 6.07) is 0. The fraction of sp³-hybridized carbons (Fsp3) is 0.625. The van der Waals surface area contributed by atoms with E-state index in [1.807, 2.05) is 6.92 Å². The quantitative estimate of drug-likeness (QED) is 0.444. The van der Waals surface area contributed by atoms with Gasteiger partial charge in [-0.1, -0.05) is 18.7 Å². The van der Waals surface area contributed by atoms with Crippen molar-refractivity contribution in [3.05, 3.63) is 6.33 Å². The number of ether oxygens (including phenoxy) is 1. The third-order valence-electron chi connectivity index (χ3n) is 1.69. The van der Waals surface area contributed by atoms with E-state index in [2.05, 4.69) is 10.2 Å². The highest BCUT2D eigenvalue weighted by Crippen LogP contribution is 2.17. The van der Waals surface area contributed by atoms with Crippen LogP contribution in [0.5, 0.6) is 0 Å². The third-order valence-corrected chi connectivity index (χ3v) is 2.91. The highest BCUT2D eigenvalue weighted by molar-refractivity contribution is 7.99. The summed E-state index contributed by atoms with van der Waals surface area (Å²) in [7, 11) is 0. The summed E-state index contributed by atoms with van der Waals surface area (Å²) < 4.78 is 6.20. The van der Waals surface area contributed by atoms with E-state index in [0.29, 0.717) is 17.5 Å². The van der Waals surface area contributed by atoms with Gasteiger partial charge in [-0.25, -0.2) is 4.68 Å². The van der Waals surface area contributed by atoms with Gasteiger partial charge in [0.2, 0.25) is 5.16 Å². The third kappa shape index (κ3) is 3.43. The van der Waals surface area contributed by atoms with Crippen molar-refractivity contribution in [1.29, 1.82) is 0 Å². The van der Waals surface area contributed by atoms with E-state index in [0.717, 1.165) is 0 Å². The lowest BCUT2D eigenvalue weighted by Gasteiger charge is -2.08. The molecule has 0 aromatic carbocycles. The van der Waals surface area contributed by atoms with Crippen LogP contribution >= 0.6 is 11.8 Å². The largest absolute Gasteiger partial charge is 0.466 e. The van der Waals surface area contributed by atoms with Gasteiger partial charge in [0.05, 0.1) is 12.5 Å². The number of aromatic nitrogens is 3. The number of rotatable bonds is 5. The molecule has 15 heavy (non-hydrogen) atoms. The van der Waals surface area contributed by atoms with Gasteiger partial charge in [0.1, 0.15) is 6.33 Å². The summed E-state index contributed by atoms with van der Waals surface area (Å²) in [4.78, 5) is 11.3. The van der Waals surface area contributed by atoms with Crippen LogP contribution in [0.2, 0.25) is 0 Å². The Morgan fingerprint density at radius 1 is 1.80 bits per heavy atom. The molecule has 0 aliphatic rings. The Labute approximate surface area is 92.2 Å². The SMILES string of the molecule is CCOC(=O)C(C)CSc1nncn1N. The maximum atomic E-state index is 11.3. The molecule has 0 spiro atoms. The van der Waals surface area contributed by atoms with Crippen molar-refractivity contribution in [3.8, 4) is 0 Å². The summed E-state index contributed by atoms with van der Waals surface area (Å²) in [5.74, 6) is 5.72. The van der Waals surface area contributed by atoms with Crippen LogP contribution in [0, 0.1) is 5.92 Å². The average Bonchev–Trinajstić information content (AvgIpc) is 2.61. The van der Waals surface area contributed by atoms with Gasteiger partial charge in [0.25, 0.3) is 0 Å². The zero-order valence-electron chi connectivity index (χ0n) is 8.71. The molecular formula is C8H14N4O2S. The fourth-order valence-corrected chi connectivity index (χ4v) is 1.72. The maximum Gasteiger partial charge on any atom is 0.309 e. The zero-order valence-corrected chi connectivity index (χ0v) is 9.53. The molecule has 1 aromatic heterocycles. The van der Waals surface area contributed by atoms with E-state index in [1.165, 1.54) is 22.8 Å². The van der Waals surface area contributed by atoms with Crippen molar-refractivity contribution in [3.63, 3.8) is 0 Å². The summed E-state index contributed by atoms with van der Waals surface area (Å²) >= 11 is 1.38. The number of esters is 1. The molecule has 1 atom stereocenters. The Morgan fingerprint density at radius 3 is 3.07 bits per heavy atom. The Balaban J connectivity index is 2.37. The number of hydrogen-bond acceptors (Lipinski definition) is 6. The number of carbonyl (C=O) groups excluding carboxylic acids is 1. The maximum absolute atomic E-state index is 11.3. The molecule has 1 rings (SSSR count). The summed E-state index contributed by atoms with van der Waals surface area (Å²) in [5, 5.41) is 8.01. The highest BCUT2D eigenvalue weighted by atomic mass is 32.2. The minimum absolute atomic E-state index is 0.174. The Hall–Kier alpha value is -1.24. The number of nitrogens with two attached hydrogens (primary N) is 1. The molecule has 1 unspecified atom stereocenters. The first-order chi connectivity index (χ1) is 7.15. The monoisotopic (exact) mass is 230 g/mol. The van der Waals surface area contributed by atoms with Crippen molar-refractivity contribution in [2.45, 2.75) is 19.0 Å². The van der Waals surface area contributed by atoms with Gasteiger partial charge in [0, 0.05) is 5.75 Å². The van der Waals surface area contributed by atoms with Crippen molar-refractivity contribution >= 4 is 17.7 Å². The van der Waals surface area contributed by atoms with Crippen LogP contribution in [-0.2, 0) is 9.53 Å². The second kappa shape index (κ2) is 5.59. The van der Waals surface area contributed by atoms with Gasteiger partial charge in [-0.2, -0.15) is 0 Å². The molecule has 0 amide bonds. The number of nitrogens with zero attached hydrogens (tertiary/aromatic N) is 3. The predicted octanol–water partition coefficient (Wildman–Crippen LogP) is 0.283. The topological polar surface area (TPSA) is 83.0 Å². The minimum Gasteiger partial charge on any atom is -0.466 e. The lowest BCUT2D eigenvalue weighted by molar-refractivity contribution is -0.146. The van der Waals surface area contributed by atoms with Crippen molar-refractivity contribution in [2.75, 3.05) is 18.2 Å². The number of carbonyl (C=O) groups is 1. The molecule has 0 radical (unpaired) electrons. The van der Waals surface area contributed by atoms with Gasteiger partial charge in [-0.05, 0) is 6.92 Å². The van der Waals surface area contributed by atoms with Crippen LogP contribution < -0.4 is 5.84 Å². The van der Waals surface area contributed by atoms with Gasteiger partial charge < -0.3 is 10.6 Å². The van der Waals surface area contributed by atoms with Crippen molar-refractivity contribution < 1.29 is 9.53 Å². The molecule has 1 aromatic rings. The lowest BCUT2D eigenvalue weighted by Crippen LogP contribution is -2.17. The van der Waals surface area contributed by atoms with E-state index in [1.54, 1.807) is 6.92 Å².